The molecule has 0 fully saturated rings. The molecule has 19 heavy (non-hydrogen) atoms. The van der Waals surface area contributed by atoms with Gasteiger partial charge in [0.15, 0.2) is 0 Å². The molecule has 0 heterocycles. The van der Waals surface area contributed by atoms with E-state index in [-0.39, 0.29) is 5.91 Å². The van der Waals surface area contributed by atoms with Crippen LogP contribution < -0.4 is 11.1 Å². The molecule has 0 aliphatic carbocycles. The van der Waals surface area contributed by atoms with Crippen LogP contribution in [0.5, 0.6) is 0 Å². The Morgan fingerprint density at radius 3 is 2.37 bits per heavy atom. The molecule has 3 nitrogen and oxygen atoms in total. The molecule has 4 heteroatoms. The maximum Gasteiger partial charge on any atom is 0.256 e. The van der Waals surface area contributed by atoms with Crippen LogP contribution in [-0.4, -0.2) is 5.91 Å². The van der Waals surface area contributed by atoms with Crippen molar-refractivity contribution in [2.45, 2.75) is 13.8 Å². The second kappa shape index (κ2) is 5.33. The first-order valence-electron chi connectivity index (χ1n) is 5.91. The molecule has 0 saturated heterocycles. The Morgan fingerprint density at radius 1 is 1.11 bits per heavy atom. The van der Waals surface area contributed by atoms with Crippen LogP contribution >= 0.6 is 11.6 Å². The van der Waals surface area contributed by atoms with E-state index in [4.69, 9.17) is 17.3 Å². The molecule has 2 aromatic rings. The van der Waals surface area contributed by atoms with E-state index in [0.29, 0.717) is 22.0 Å². The fourth-order valence-electron chi connectivity index (χ4n) is 1.85. The monoisotopic (exact) mass is 274 g/mol. The summed E-state index contributed by atoms with van der Waals surface area (Å²) >= 11 is 5.80. The molecular weight excluding hydrogens is 260 g/mol. The zero-order chi connectivity index (χ0) is 14.0. The molecule has 0 aliphatic heterocycles. The quantitative estimate of drug-likeness (QED) is 0.819. The van der Waals surface area contributed by atoms with Gasteiger partial charge in [-0.25, -0.2) is 0 Å². The highest BCUT2D eigenvalue weighted by atomic mass is 35.5. The number of amides is 1. The lowest BCUT2D eigenvalue weighted by atomic mass is 10.0. The summed E-state index contributed by atoms with van der Waals surface area (Å²) in [5.41, 5.74) is 9.62. The molecule has 2 rings (SSSR count). The van der Waals surface area contributed by atoms with Gasteiger partial charge in [-0.2, -0.15) is 0 Å². The van der Waals surface area contributed by atoms with Gasteiger partial charge in [-0.05, 0) is 55.3 Å². The summed E-state index contributed by atoms with van der Waals surface area (Å²) in [7, 11) is 0. The molecular formula is C15H15ClN2O. The van der Waals surface area contributed by atoms with Crippen molar-refractivity contribution in [3.63, 3.8) is 0 Å². The summed E-state index contributed by atoms with van der Waals surface area (Å²) in [6.45, 7) is 3.81. The number of hydrogen-bond acceptors (Lipinski definition) is 2. The summed E-state index contributed by atoms with van der Waals surface area (Å²) in [6, 6.07) is 10.6. The first-order valence-corrected chi connectivity index (χ1v) is 6.29. The van der Waals surface area contributed by atoms with Gasteiger partial charge in [0.05, 0.1) is 0 Å². The highest BCUT2D eigenvalue weighted by molar-refractivity contribution is 6.30. The van der Waals surface area contributed by atoms with E-state index < -0.39 is 0 Å². The number of halogens is 1. The van der Waals surface area contributed by atoms with Crippen molar-refractivity contribution in [2.75, 3.05) is 11.1 Å². The summed E-state index contributed by atoms with van der Waals surface area (Å²) in [5.74, 6) is -0.175. The van der Waals surface area contributed by atoms with Crippen LogP contribution in [0.4, 0.5) is 11.4 Å². The van der Waals surface area contributed by atoms with Gasteiger partial charge in [-0.3, -0.25) is 4.79 Å². The molecule has 2 aromatic carbocycles. The van der Waals surface area contributed by atoms with Gasteiger partial charge >= 0.3 is 0 Å². The number of benzene rings is 2. The van der Waals surface area contributed by atoms with E-state index in [1.165, 1.54) is 0 Å². The third-order valence-electron chi connectivity index (χ3n) is 2.96. The van der Waals surface area contributed by atoms with E-state index in [2.05, 4.69) is 5.32 Å². The second-order valence-electron chi connectivity index (χ2n) is 4.48. The molecule has 0 atom stereocenters. The fraction of sp³-hybridized carbons (Fsp3) is 0.133. The number of nitrogens with two attached hydrogens (primary N) is 1. The van der Waals surface area contributed by atoms with E-state index in [1.54, 1.807) is 30.3 Å². The minimum absolute atomic E-state index is 0.175. The molecule has 0 saturated carbocycles. The maximum atomic E-state index is 12.2. The molecule has 0 spiro atoms. The van der Waals surface area contributed by atoms with Gasteiger partial charge in [0.1, 0.15) is 0 Å². The highest BCUT2D eigenvalue weighted by Crippen LogP contribution is 2.20. The van der Waals surface area contributed by atoms with Gasteiger partial charge in [0.2, 0.25) is 0 Å². The van der Waals surface area contributed by atoms with Gasteiger partial charge in [0, 0.05) is 22.0 Å². The van der Waals surface area contributed by atoms with Gasteiger partial charge < -0.3 is 11.1 Å². The Kier molecular flexibility index (Phi) is 3.76. The Balaban J connectivity index is 2.25. The largest absolute Gasteiger partial charge is 0.398 e. The van der Waals surface area contributed by atoms with Crippen LogP contribution in [0.25, 0.3) is 0 Å². The summed E-state index contributed by atoms with van der Waals surface area (Å²) < 4.78 is 0. The molecule has 98 valence electrons. The summed E-state index contributed by atoms with van der Waals surface area (Å²) in [5, 5.41) is 3.45. The van der Waals surface area contributed by atoms with Crippen molar-refractivity contribution < 1.29 is 4.79 Å². The molecule has 3 N–H and O–H groups in total. The number of nitrogen functional groups attached to an aromatic ring is 1. The Hall–Kier alpha value is -2.00. The Morgan fingerprint density at radius 2 is 1.74 bits per heavy atom. The number of carbonyl (C=O) groups is 1. The molecule has 0 aliphatic rings. The fourth-order valence-corrected chi connectivity index (χ4v) is 1.97. The molecule has 0 aromatic heterocycles. The number of nitrogens with one attached hydrogen (secondary N) is 1. The predicted molar refractivity (Wildman–Crippen MR) is 79.7 cm³/mol. The van der Waals surface area contributed by atoms with E-state index in [9.17, 15) is 4.79 Å². The highest BCUT2D eigenvalue weighted by Gasteiger charge is 2.11. The van der Waals surface area contributed by atoms with Crippen molar-refractivity contribution in [3.05, 3.63) is 58.1 Å². The minimum atomic E-state index is -0.175. The molecule has 0 bridgehead atoms. The predicted octanol–water partition coefficient (Wildman–Crippen LogP) is 3.79. The zero-order valence-corrected chi connectivity index (χ0v) is 11.6. The van der Waals surface area contributed by atoms with E-state index in [0.717, 1.165) is 11.1 Å². The van der Waals surface area contributed by atoms with Gasteiger partial charge in [-0.15, -0.1) is 0 Å². The zero-order valence-electron chi connectivity index (χ0n) is 10.8. The molecule has 0 radical (unpaired) electrons. The normalized spacial score (nSPS) is 10.3. The second-order valence-corrected chi connectivity index (χ2v) is 4.92. The first kappa shape index (κ1) is 13.4. The summed E-state index contributed by atoms with van der Waals surface area (Å²) in [6.07, 6.45) is 0. The summed E-state index contributed by atoms with van der Waals surface area (Å²) in [4.78, 5) is 12.2. The lowest BCUT2D eigenvalue weighted by Gasteiger charge is -2.10. The van der Waals surface area contributed by atoms with Crippen LogP contribution in [0.15, 0.2) is 36.4 Å². The van der Waals surface area contributed by atoms with Gasteiger partial charge in [0.25, 0.3) is 5.91 Å². The number of anilines is 2. The average molecular weight is 275 g/mol. The third kappa shape index (κ3) is 3.06. The lowest BCUT2D eigenvalue weighted by Crippen LogP contribution is -2.14. The van der Waals surface area contributed by atoms with Crippen molar-refractivity contribution in [2.24, 2.45) is 0 Å². The van der Waals surface area contributed by atoms with Crippen LogP contribution in [0, 0.1) is 13.8 Å². The smallest absolute Gasteiger partial charge is 0.256 e. The van der Waals surface area contributed by atoms with Crippen LogP contribution in [0.3, 0.4) is 0 Å². The first-order chi connectivity index (χ1) is 8.97. The standard InChI is InChI=1S/C15H15ClN2O/c1-9-7-10(2)14(17)8-13(9)15(19)18-12-5-3-11(16)4-6-12/h3-8H,17H2,1-2H3,(H,18,19). The minimum Gasteiger partial charge on any atom is -0.398 e. The van der Waals surface area contributed by atoms with E-state index in [1.807, 2.05) is 19.9 Å². The third-order valence-corrected chi connectivity index (χ3v) is 3.21. The average Bonchev–Trinajstić information content (AvgIpc) is 2.36. The molecule has 0 unspecified atom stereocenters. The number of rotatable bonds is 2. The Labute approximate surface area is 117 Å². The number of hydrogen-bond donors (Lipinski definition) is 2. The van der Waals surface area contributed by atoms with Crippen molar-refractivity contribution in [3.8, 4) is 0 Å². The van der Waals surface area contributed by atoms with Crippen molar-refractivity contribution in [1.29, 1.82) is 0 Å². The van der Waals surface area contributed by atoms with Crippen molar-refractivity contribution >= 4 is 28.9 Å². The van der Waals surface area contributed by atoms with Crippen LogP contribution in [0.2, 0.25) is 5.02 Å². The Bertz CT molecular complexity index is 621. The van der Waals surface area contributed by atoms with Crippen LogP contribution in [0.1, 0.15) is 21.5 Å². The molecule has 1 amide bonds. The van der Waals surface area contributed by atoms with Crippen molar-refractivity contribution in [1.82, 2.24) is 0 Å². The number of carbonyl (C=O) groups excluding carboxylic acids is 1. The van der Waals surface area contributed by atoms with Crippen LogP contribution in [-0.2, 0) is 0 Å². The number of aryl methyl sites for hydroxylation is 2. The van der Waals surface area contributed by atoms with E-state index >= 15 is 0 Å². The SMILES string of the molecule is Cc1cc(C)c(C(=O)Nc2ccc(Cl)cc2)cc1N. The maximum absolute atomic E-state index is 12.2. The van der Waals surface area contributed by atoms with Gasteiger partial charge in [-0.1, -0.05) is 17.7 Å². The topological polar surface area (TPSA) is 55.1 Å². The lowest BCUT2D eigenvalue weighted by molar-refractivity contribution is 0.102.